The summed E-state index contributed by atoms with van der Waals surface area (Å²) in [4.78, 5) is 24.8. The number of para-hydroxylation sites is 1. The zero-order chi connectivity index (χ0) is 11.1. The van der Waals surface area contributed by atoms with Gasteiger partial charge in [0.25, 0.3) is 5.91 Å². The average molecular weight is 219 g/mol. The van der Waals surface area contributed by atoms with Crippen molar-refractivity contribution in [3.05, 3.63) is 29.8 Å². The minimum Gasteiger partial charge on any atom is -0.507 e. The van der Waals surface area contributed by atoms with Crippen molar-refractivity contribution in [3.63, 3.8) is 0 Å². The minimum absolute atomic E-state index is 0.0741. The third kappa shape index (κ3) is 5.31. The lowest BCUT2D eigenvalue weighted by Crippen LogP contribution is -2.10. The molecule has 1 aromatic rings. The molecule has 0 unspecified atom stereocenters. The fraction of sp³-hybridized carbons (Fsp3) is 0. The van der Waals surface area contributed by atoms with Crippen LogP contribution in [0, 0.1) is 0 Å². The number of benzene rings is 1. The molecule has 0 aliphatic rings. The summed E-state index contributed by atoms with van der Waals surface area (Å²) in [6.07, 6.45) is 0. The van der Waals surface area contributed by atoms with E-state index in [-0.39, 0.29) is 11.3 Å². The van der Waals surface area contributed by atoms with Crippen LogP contribution >= 0.6 is 8.25 Å². The van der Waals surface area contributed by atoms with Crippen LogP contribution in [0.4, 0.5) is 0 Å². The number of phenols is 1. The molecule has 0 aromatic heterocycles. The van der Waals surface area contributed by atoms with Crippen LogP contribution < -0.4 is 5.73 Å². The number of primary amides is 1. The summed E-state index contributed by atoms with van der Waals surface area (Å²) in [5.74, 6) is -0.687. The van der Waals surface area contributed by atoms with E-state index in [1.54, 1.807) is 12.1 Å². The molecule has 1 amide bonds. The van der Waals surface area contributed by atoms with Gasteiger partial charge in [-0.1, -0.05) is 12.1 Å². The van der Waals surface area contributed by atoms with Gasteiger partial charge < -0.3 is 20.6 Å². The number of nitrogens with two attached hydrogens (primary N) is 1. The van der Waals surface area contributed by atoms with Gasteiger partial charge in [0.05, 0.1) is 5.56 Å². The second-order valence-corrected chi connectivity index (χ2v) is 2.73. The Hall–Kier alpha value is -1.36. The molecule has 5 N–H and O–H groups in total. The van der Waals surface area contributed by atoms with Crippen LogP contribution in [0.15, 0.2) is 24.3 Å². The molecule has 7 heteroatoms. The molecule has 0 radical (unpaired) electrons. The van der Waals surface area contributed by atoms with Crippen molar-refractivity contribution < 1.29 is 24.3 Å². The summed E-state index contributed by atoms with van der Waals surface area (Å²) in [7, 11) is -3.13. The van der Waals surface area contributed by atoms with Crippen LogP contribution in [0.5, 0.6) is 5.75 Å². The minimum atomic E-state index is -3.13. The lowest BCUT2D eigenvalue weighted by molar-refractivity contribution is 0.0997. The second-order valence-electron chi connectivity index (χ2n) is 2.16. The van der Waals surface area contributed by atoms with Crippen molar-refractivity contribution in [1.29, 1.82) is 0 Å². The smallest absolute Gasteiger partial charge is 0.314 e. The summed E-state index contributed by atoms with van der Waals surface area (Å²) >= 11 is 0. The van der Waals surface area contributed by atoms with E-state index < -0.39 is 14.2 Å². The van der Waals surface area contributed by atoms with Crippen molar-refractivity contribution >= 4 is 14.2 Å². The van der Waals surface area contributed by atoms with Crippen molar-refractivity contribution in [3.8, 4) is 5.75 Å². The van der Waals surface area contributed by atoms with Gasteiger partial charge in [-0.05, 0) is 12.1 Å². The number of carbonyl (C=O) groups excluding carboxylic acids is 1. The topological polar surface area (TPSA) is 121 Å². The highest BCUT2D eigenvalue weighted by atomic mass is 31.1. The average Bonchev–Trinajstić information content (AvgIpc) is 2.03. The predicted molar refractivity (Wildman–Crippen MR) is 50.1 cm³/mol. The number of aromatic hydroxyl groups is 1. The van der Waals surface area contributed by atoms with Gasteiger partial charge in [-0.15, -0.1) is 0 Å². The maximum Gasteiger partial charge on any atom is 0.314 e. The molecule has 78 valence electrons. The van der Waals surface area contributed by atoms with Gasteiger partial charge in [-0.25, -0.2) is 0 Å². The first-order valence-electron chi connectivity index (χ1n) is 3.45. The molecule has 6 nitrogen and oxygen atoms in total. The highest BCUT2D eigenvalue weighted by molar-refractivity contribution is 7.30. The zero-order valence-corrected chi connectivity index (χ0v) is 8.04. The fourth-order valence-corrected chi connectivity index (χ4v) is 0.682. The van der Waals surface area contributed by atoms with Crippen molar-refractivity contribution in [2.24, 2.45) is 5.73 Å². The molecule has 1 rings (SSSR count). The lowest BCUT2D eigenvalue weighted by Gasteiger charge is -1.96. The van der Waals surface area contributed by atoms with Crippen LogP contribution in [0.2, 0.25) is 0 Å². The molecule has 0 atom stereocenters. The van der Waals surface area contributed by atoms with Crippen LogP contribution in [0.3, 0.4) is 0 Å². The lowest BCUT2D eigenvalue weighted by atomic mass is 10.2. The van der Waals surface area contributed by atoms with E-state index in [2.05, 4.69) is 0 Å². The number of hydrogen-bond acceptors (Lipinski definition) is 3. The summed E-state index contributed by atoms with van der Waals surface area (Å²) in [6, 6.07) is 6.15. The van der Waals surface area contributed by atoms with E-state index >= 15 is 0 Å². The molecular formula is C7H10NO5P. The molecule has 0 saturated carbocycles. The standard InChI is InChI=1S/C7H7NO2.H3O3P/c8-7(10)5-3-1-2-4-6(5)9;1-4(2)3/h1-4,9H,(H2,8,10);4H,(H2,1,2,3). The van der Waals surface area contributed by atoms with Crippen LogP contribution in [-0.4, -0.2) is 20.8 Å². The van der Waals surface area contributed by atoms with E-state index in [0.29, 0.717) is 0 Å². The Morgan fingerprint density at radius 2 is 1.71 bits per heavy atom. The van der Waals surface area contributed by atoms with Crippen LogP contribution in [0.25, 0.3) is 0 Å². The first-order valence-corrected chi connectivity index (χ1v) is 4.75. The van der Waals surface area contributed by atoms with E-state index in [0.717, 1.165) is 0 Å². The van der Waals surface area contributed by atoms with E-state index in [1.165, 1.54) is 12.1 Å². The molecule has 0 saturated heterocycles. The van der Waals surface area contributed by atoms with Crippen molar-refractivity contribution in [2.45, 2.75) is 0 Å². The molecule has 0 bridgehead atoms. The summed E-state index contributed by atoms with van der Waals surface area (Å²) in [6.45, 7) is 0. The number of carbonyl (C=O) groups is 1. The molecule has 0 fully saturated rings. The maximum atomic E-state index is 10.5. The quantitative estimate of drug-likeness (QED) is 0.489. The van der Waals surface area contributed by atoms with Crippen molar-refractivity contribution in [2.75, 3.05) is 0 Å². The van der Waals surface area contributed by atoms with Gasteiger partial charge in [-0.2, -0.15) is 0 Å². The predicted octanol–water partition coefficient (Wildman–Crippen LogP) is -0.148. The van der Waals surface area contributed by atoms with Crippen LogP contribution in [0.1, 0.15) is 10.4 Å². The summed E-state index contributed by atoms with van der Waals surface area (Å²) < 4.78 is 8.74. The maximum absolute atomic E-state index is 10.5. The second kappa shape index (κ2) is 6.15. The highest BCUT2D eigenvalue weighted by Crippen LogP contribution is 2.13. The molecule has 0 heterocycles. The highest BCUT2D eigenvalue weighted by Gasteiger charge is 2.03. The van der Waals surface area contributed by atoms with E-state index in [4.69, 9.17) is 25.2 Å². The molecule has 0 spiro atoms. The van der Waals surface area contributed by atoms with Crippen LogP contribution in [-0.2, 0) is 4.57 Å². The molecule has 14 heavy (non-hydrogen) atoms. The Bertz CT molecular complexity index is 337. The number of rotatable bonds is 1. The molecule has 0 aliphatic heterocycles. The van der Waals surface area contributed by atoms with Gasteiger partial charge in [0.1, 0.15) is 5.75 Å². The number of hydrogen-bond donors (Lipinski definition) is 4. The molecule has 0 aliphatic carbocycles. The van der Waals surface area contributed by atoms with Gasteiger partial charge in [0, 0.05) is 0 Å². The van der Waals surface area contributed by atoms with E-state index in [9.17, 15) is 4.79 Å². The van der Waals surface area contributed by atoms with Gasteiger partial charge in [0.2, 0.25) is 0 Å². The molecule has 1 aromatic carbocycles. The monoisotopic (exact) mass is 219 g/mol. The summed E-state index contributed by atoms with van der Waals surface area (Å²) in [5, 5.41) is 8.98. The Labute approximate surface area is 80.6 Å². The van der Waals surface area contributed by atoms with Gasteiger partial charge >= 0.3 is 8.25 Å². The normalized spacial score (nSPS) is 9.07. The Morgan fingerprint density at radius 3 is 2.00 bits per heavy atom. The summed E-state index contributed by atoms with van der Waals surface area (Å²) in [5.41, 5.74) is 5.07. The van der Waals surface area contributed by atoms with E-state index in [1.807, 2.05) is 0 Å². The van der Waals surface area contributed by atoms with Gasteiger partial charge in [0.15, 0.2) is 0 Å². The Kier molecular flexibility index (Phi) is 5.55. The molecular weight excluding hydrogens is 209 g/mol. The third-order valence-electron chi connectivity index (χ3n) is 1.17. The zero-order valence-electron chi connectivity index (χ0n) is 7.04. The van der Waals surface area contributed by atoms with Crippen molar-refractivity contribution in [1.82, 2.24) is 0 Å². The largest absolute Gasteiger partial charge is 0.507 e. The Balaban J connectivity index is 0.000000364. The Morgan fingerprint density at radius 1 is 1.29 bits per heavy atom. The van der Waals surface area contributed by atoms with Gasteiger partial charge in [-0.3, -0.25) is 9.36 Å². The third-order valence-corrected chi connectivity index (χ3v) is 1.17. The number of amides is 1. The first-order chi connectivity index (χ1) is 6.45. The fourth-order valence-electron chi connectivity index (χ4n) is 0.682. The first kappa shape index (κ1) is 12.6. The SMILES string of the molecule is NC(=O)c1ccccc1O.O=[PH](O)O.